The Hall–Kier alpha value is -0.0800. The van der Waals surface area contributed by atoms with Gasteiger partial charge in [0.25, 0.3) is 0 Å². The van der Waals surface area contributed by atoms with Crippen molar-refractivity contribution in [3.63, 3.8) is 0 Å². The Balaban J connectivity index is 2.18. The third kappa shape index (κ3) is 4.52. The van der Waals surface area contributed by atoms with Gasteiger partial charge in [-0.3, -0.25) is 0 Å². The van der Waals surface area contributed by atoms with Crippen LogP contribution in [0.5, 0.6) is 0 Å². The van der Waals surface area contributed by atoms with Crippen molar-refractivity contribution in [3.05, 3.63) is 0 Å². The van der Waals surface area contributed by atoms with E-state index >= 15 is 0 Å². The molecular formula is C13H28N2. The fourth-order valence-electron chi connectivity index (χ4n) is 2.56. The van der Waals surface area contributed by atoms with Crippen LogP contribution in [0.25, 0.3) is 0 Å². The highest BCUT2D eigenvalue weighted by molar-refractivity contribution is 4.83. The number of hydrogen-bond donors (Lipinski definition) is 2. The summed E-state index contributed by atoms with van der Waals surface area (Å²) in [6.07, 6.45) is 5.54. The largest absolute Gasteiger partial charge is 0.318 e. The van der Waals surface area contributed by atoms with Gasteiger partial charge >= 0.3 is 0 Å². The van der Waals surface area contributed by atoms with E-state index in [1.54, 1.807) is 0 Å². The summed E-state index contributed by atoms with van der Waals surface area (Å²) in [5.74, 6) is 0.930. The standard InChI is InChI=1S/C13H28N2/c1-13(2,3)11-5-7-12(8-6-11)15-10-9-14-4/h11-12,14-15H,5-10H2,1-4H3. The van der Waals surface area contributed by atoms with Crippen LogP contribution < -0.4 is 10.6 Å². The maximum absolute atomic E-state index is 3.63. The molecule has 0 aromatic heterocycles. The fourth-order valence-corrected chi connectivity index (χ4v) is 2.56. The highest BCUT2D eigenvalue weighted by Gasteiger charge is 2.29. The predicted octanol–water partition coefficient (Wildman–Crippen LogP) is 2.40. The monoisotopic (exact) mass is 212 g/mol. The van der Waals surface area contributed by atoms with Crippen molar-refractivity contribution >= 4 is 0 Å². The van der Waals surface area contributed by atoms with Gasteiger partial charge in [-0.15, -0.1) is 0 Å². The Kier molecular flexibility index (Phi) is 5.07. The highest BCUT2D eigenvalue weighted by Crippen LogP contribution is 2.37. The normalized spacial score (nSPS) is 28.0. The summed E-state index contributed by atoms with van der Waals surface area (Å²) in [6, 6.07) is 0.775. The number of hydrogen-bond acceptors (Lipinski definition) is 2. The third-order valence-electron chi connectivity index (χ3n) is 3.76. The first-order valence-electron chi connectivity index (χ1n) is 6.42. The smallest absolute Gasteiger partial charge is 0.00792 e. The van der Waals surface area contributed by atoms with Gasteiger partial charge in [0.05, 0.1) is 0 Å². The van der Waals surface area contributed by atoms with E-state index in [-0.39, 0.29) is 0 Å². The predicted molar refractivity (Wildman–Crippen MR) is 67.1 cm³/mol. The van der Waals surface area contributed by atoms with Crippen LogP contribution in [0.15, 0.2) is 0 Å². The van der Waals surface area contributed by atoms with Gasteiger partial charge in [0.15, 0.2) is 0 Å². The van der Waals surface area contributed by atoms with E-state index in [4.69, 9.17) is 0 Å². The molecule has 0 aliphatic heterocycles. The summed E-state index contributed by atoms with van der Waals surface area (Å²) >= 11 is 0. The van der Waals surface area contributed by atoms with E-state index in [0.29, 0.717) is 5.41 Å². The third-order valence-corrected chi connectivity index (χ3v) is 3.76. The van der Waals surface area contributed by atoms with Gasteiger partial charge in [-0.1, -0.05) is 20.8 Å². The van der Waals surface area contributed by atoms with Gasteiger partial charge in [-0.05, 0) is 44.1 Å². The van der Waals surface area contributed by atoms with Crippen molar-refractivity contribution in [2.24, 2.45) is 11.3 Å². The number of likely N-dealkylation sites (N-methyl/N-ethyl adjacent to an activating group) is 1. The quantitative estimate of drug-likeness (QED) is 0.699. The minimum atomic E-state index is 0.510. The van der Waals surface area contributed by atoms with Crippen LogP contribution in [0, 0.1) is 11.3 Å². The zero-order valence-corrected chi connectivity index (χ0v) is 10.9. The Labute approximate surface area is 95.2 Å². The van der Waals surface area contributed by atoms with Gasteiger partial charge in [0, 0.05) is 19.1 Å². The molecule has 2 heteroatoms. The first kappa shape index (κ1) is 13.0. The molecule has 0 heterocycles. The summed E-state index contributed by atoms with van der Waals surface area (Å²) < 4.78 is 0. The molecule has 90 valence electrons. The Morgan fingerprint density at radius 2 is 1.60 bits per heavy atom. The van der Waals surface area contributed by atoms with E-state index in [1.165, 1.54) is 25.7 Å². The molecule has 1 rings (SSSR count). The minimum Gasteiger partial charge on any atom is -0.318 e. The van der Waals surface area contributed by atoms with E-state index in [9.17, 15) is 0 Å². The molecule has 0 bridgehead atoms. The molecule has 0 atom stereocenters. The molecule has 0 radical (unpaired) electrons. The first-order valence-corrected chi connectivity index (χ1v) is 6.42. The summed E-state index contributed by atoms with van der Waals surface area (Å²) in [5.41, 5.74) is 0.510. The van der Waals surface area contributed by atoms with Gasteiger partial charge in [-0.2, -0.15) is 0 Å². The molecule has 0 saturated heterocycles. The van der Waals surface area contributed by atoms with Crippen LogP contribution in [-0.2, 0) is 0 Å². The van der Waals surface area contributed by atoms with Crippen molar-refractivity contribution in [3.8, 4) is 0 Å². The Morgan fingerprint density at radius 1 is 1.00 bits per heavy atom. The van der Waals surface area contributed by atoms with Gasteiger partial charge in [0.1, 0.15) is 0 Å². The average molecular weight is 212 g/mol. The van der Waals surface area contributed by atoms with Crippen molar-refractivity contribution < 1.29 is 0 Å². The van der Waals surface area contributed by atoms with Crippen LogP contribution in [0.1, 0.15) is 46.5 Å². The van der Waals surface area contributed by atoms with Gasteiger partial charge < -0.3 is 10.6 Å². The van der Waals surface area contributed by atoms with Crippen LogP contribution >= 0.6 is 0 Å². The van der Waals surface area contributed by atoms with Crippen LogP contribution in [0.2, 0.25) is 0 Å². The molecule has 0 spiro atoms. The lowest BCUT2D eigenvalue weighted by molar-refractivity contribution is 0.160. The molecule has 0 unspecified atom stereocenters. The number of nitrogens with one attached hydrogen (secondary N) is 2. The SMILES string of the molecule is CNCCNC1CCC(C(C)(C)C)CC1. The fraction of sp³-hybridized carbons (Fsp3) is 1.00. The van der Waals surface area contributed by atoms with Crippen molar-refractivity contribution in [2.75, 3.05) is 20.1 Å². The molecule has 15 heavy (non-hydrogen) atoms. The molecule has 1 fully saturated rings. The van der Waals surface area contributed by atoms with Crippen LogP contribution in [0.4, 0.5) is 0 Å². The second-order valence-electron chi connectivity index (χ2n) is 5.97. The molecule has 1 saturated carbocycles. The maximum atomic E-state index is 3.63. The molecule has 1 aliphatic carbocycles. The average Bonchev–Trinajstić information content (AvgIpc) is 2.18. The zero-order valence-electron chi connectivity index (χ0n) is 10.9. The van der Waals surface area contributed by atoms with E-state index in [2.05, 4.69) is 31.4 Å². The van der Waals surface area contributed by atoms with Gasteiger partial charge in [0.2, 0.25) is 0 Å². The summed E-state index contributed by atoms with van der Waals surface area (Å²) in [5, 5.41) is 6.81. The lowest BCUT2D eigenvalue weighted by Crippen LogP contribution is -2.38. The lowest BCUT2D eigenvalue weighted by atomic mass is 9.71. The molecule has 0 aromatic rings. The van der Waals surface area contributed by atoms with Crippen molar-refractivity contribution in [1.82, 2.24) is 10.6 Å². The Morgan fingerprint density at radius 3 is 2.07 bits per heavy atom. The first-order chi connectivity index (χ1) is 7.04. The second kappa shape index (κ2) is 5.86. The molecule has 1 aliphatic rings. The topological polar surface area (TPSA) is 24.1 Å². The second-order valence-corrected chi connectivity index (χ2v) is 5.97. The molecular weight excluding hydrogens is 184 g/mol. The highest BCUT2D eigenvalue weighted by atomic mass is 14.9. The Bertz CT molecular complexity index is 164. The maximum Gasteiger partial charge on any atom is 0.00792 e. The molecule has 2 N–H and O–H groups in total. The molecule has 2 nitrogen and oxygen atoms in total. The van der Waals surface area contributed by atoms with Crippen molar-refractivity contribution in [2.45, 2.75) is 52.5 Å². The summed E-state index contributed by atoms with van der Waals surface area (Å²) in [7, 11) is 2.01. The van der Waals surface area contributed by atoms with Gasteiger partial charge in [-0.25, -0.2) is 0 Å². The van der Waals surface area contributed by atoms with E-state index in [1.807, 2.05) is 7.05 Å². The lowest BCUT2D eigenvalue weighted by Gasteiger charge is -2.37. The minimum absolute atomic E-state index is 0.510. The van der Waals surface area contributed by atoms with E-state index < -0.39 is 0 Å². The van der Waals surface area contributed by atoms with Crippen LogP contribution in [0.3, 0.4) is 0 Å². The molecule has 0 aromatic carbocycles. The summed E-state index contributed by atoms with van der Waals surface area (Å²) in [6.45, 7) is 9.34. The molecule has 0 amide bonds. The van der Waals surface area contributed by atoms with Crippen LogP contribution in [-0.4, -0.2) is 26.2 Å². The summed E-state index contributed by atoms with van der Waals surface area (Å²) in [4.78, 5) is 0. The zero-order chi connectivity index (χ0) is 11.3. The van der Waals surface area contributed by atoms with Crippen molar-refractivity contribution in [1.29, 1.82) is 0 Å². The number of rotatable bonds is 4. The van der Waals surface area contributed by atoms with E-state index in [0.717, 1.165) is 25.0 Å².